The molecule has 2 aromatic carbocycles. The summed E-state index contributed by atoms with van der Waals surface area (Å²) >= 11 is 3.45. The molecule has 0 radical (unpaired) electrons. The minimum Gasteiger partial charge on any atom is -0.497 e. The monoisotopic (exact) mass is 374 g/mol. The highest BCUT2D eigenvalue weighted by molar-refractivity contribution is 9.10. The molecule has 0 aromatic heterocycles. The molecule has 0 bridgehead atoms. The zero-order valence-electron chi connectivity index (χ0n) is 12.9. The van der Waals surface area contributed by atoms with Crippen molar-refractivity contribution >= 4 is 28.0 Å². The lowest BCUT2D eigenvalue weighted by Gasteiger charge is -2.06. The van der Waals surface area contributed by atoms with Crippen molar-refractivity contribution in [2.24, 2.45) is 0 Å². The van der Waals surface area contributed by atoms with Crippen LogP contribution in [-0.2, 0) is 6.42 Å². The quantitative estimate of drug-likeness (QED) is 0.803. The molecule has 2 aromatic rings. The number of urea groups is 1. The van der Waals surface area contributed by atoms with Gasteiger partial charge in [0.25, 0.3) is 0 Å². The lowest BCUT2D eigenvalue weighted by molar-refractivity contribution is 0.244. The van der Waals surface area contributed by atoms with Gasteiger partial charge in [0, 0.05) is 17.2 Å². The number of rotatable bonds is 6. The Morgan fingerprint density at radius 1 is 1.22 bits per heavy atom. The summed E-state index contributed by atoms with van der Waals surface area (Å²) in [4.78, 5) is 11.7. The summed E-state index contributed by atoms with van der Waals surface area (Å²) in [5, 5.41) is 5.51. The van der Waals surface area contributed by atoms with Gasteiger partial charge >= 0.3 is 6.03 Å². The summed E-state index contributed by atoms with van der Waals surface area (Å²) in [6.07, 6.45) is 4.21. The van der Waals surface area contributed by atoms with E-state index in [1.165, 1.54) is 0 Å². The SMILES string of the molecule is COc1cccc(CCNC(=O)N/C=C/c2ccccc2Br)c1. The van der Waals surface area contributed by atoms with Gasteiger partial charge in [0.1, 0.15) is 5.75 Å². The van der Waals surface area contributed by atoms with Crippen LogP contribution >= 0.6 is 15.9 Å². The Bertz CT molecular complexity index is 686. The Balaban J connectivity index is 1.74. The lowest BCUT2D eigenvalue weighted by Crippen LogP contribution is -2.33. The van der Waals surface area contributed by atoms with E-state index in [-0.39, 0.29) is 6.03 Å². The summed E-state index contributed by atoms with van der Waals surface area (Å²) in [7, 11) is 1.64. The van der Waals surface area contributed by atoms with Crippen molar-refractivity contribution in [2.75, 3.05) is 13.7 Å². The molecular weight excluding hydrogens is 356 g/mol. The minimum atomic E-state index is -0.226. The molecule has 2 amide bonds. The standard InChI is InChI=1S/C18H19BrN2O2/c1-23-16-7-4-5-14(13-16)9-11-20-18(22)21-12-10-15-6-2-3-8-17(15)19/h2-8,10,12-13H,9,11H2,1H3,(H2,20,21,22)/b12-10+. The van der Waals surface area contributed by atoms with Crippen LogP contribution in [0.25, 0.3) is 6.08 Å². The van der Waals surface area contributed by atoms with Crippen molar-refractivity contribution in [1.82, 2.24) is 10.6 Å². The third kappa shape index (κ3) is 5.79. The Kier molecular flexibility index (Phi) is 6.69. The molecule has 0 saturated heterocycles. The average molecular weight is 375 g/mol. The molecule has 23 heavy (non-hydrogen) atoms. The van der Waals surface area contributed by atoms with Crippen LogP contribution in [0.3, 0.4) is 0 Å². The summed E-state index contributed by atoms with van der Waals surface area (Å²) in [5.74, 6) is 0.823. The smallest absolute Gasteiger partial charge is 0.318 e. The predicted molar refractivity (Wildman–Crippen MR) is 96.4 cm³/mol. The Morgan fingerprint density at radius 3 is 2.83 bits per heavy atom. The number of ether oxygens (including phenoxy) is 1. The number of carbonyl (C=O) groups is 1. The lowest BCUT2D eigenvalue weighted by atomic mass is 10.1. The normalized spacial score (nSPS) is 10.5. The van der Waals surface area contributed by atoms with Gasteiger partial charge in [-0.15, -0.1) is 0 Å². The molecule has 5 heteroatoms. The number of hydrogen-bond donors (Lipinski definition) is 2. The van der Waals surface area contributed by atoms with Crippen LogP contribution in [0.4, 0.5) is 4.79 Å². The van der Waals surface area contributed by atoms with E-state index in [2.05, 4.69) is 26.6 Å². The number of nitrogens with one attached hydrogen (secondary N) is 2. The first-order valence-electron chi connectivity index (χ1n) is 7.27. The maximum Gasteiger partial charge on any atom is 0.318 e. The molecular formula is C18H19BrN2O2. The van der Waals surface area contributed by atoms with Crippen LogP contribution < -0.4 is 15.4 Å². The van der Waals surface area contributed by atoms with Gasteiger partial charge in [-0.2, -0.15) is 0 Å². The largest absolute Gasteiger partial charge is 0.497 e. The third-order valence-corrected chi connectivity index (χ3v) is 3.94. The van der Waals surface area contributed by atoms with Crippen molar-refractivity contribution in [3.05, 3.63) is 70.3 Å². The summed E-state index contributed by atoms with van der Waals surface area (Å²) in [6, 6.07) is 15.4. The fraction of sp³-hybridized carbons (Fsp3) is 0.167. The molecule has 4 nitrogen and oxygen atoms in total. The fourth-order valence-electron chi connectivity index (χ4n) is 2.02. The number of carbonyl (C=O) groups excluding carboxylic acids is 1. The summed E-state index contributed by atoms with van der Waals surface area (Å²) in [6.45, 7) is 0.557. The van der Waals surface area contributed by atoms with E-state index in [1.807, 2.05) is 54.6 Å². The predicted octanol–water partition coefficient (Wildman–Crippen LogP) is 3.97. The summed E-state index contributed by atoms with van der Waals surface area (Å²) in [5.41, 5.74) is 2.12. The second kappa shape index (κ2) is 9.00. The van der Waals surface area contributed by atoms with Gasteiger partial charge in [-0.3, -0.25) is 0 Å². The molecule has 2 N–H and O–H groups in total. The Morgan fingerprint density at radius 2 is 2.04 bits per heavy atom. The molecule has 0 aliphatic carbocycles. The number of hydrogen-bond acceptors (Lipinski definition) is 2. The van der Waals surface area contributed by atoms with Crippen LogP contribution in [0.5, 0.6) is 5.75 Å². The van der Waals surface area contributed by atoms with Crippen LogP contribution in [0.1, 0.15) is 11.1 Å². The van der Waals surface area contributed by atoms with E-state index in [0.717, 1.165) is 27.8 Å². The highest BCUT2D eigenvalue weighted by Crippen LogP contribution is 2.16. The summed E-state index contributed by atoms with van der Waals surface area (Å²) < 4.78 is 6.16. The number of methoxy groups -OCH3 is 1. The van der Waals surface area contributed by atoms with Crippen LogP contribution in [0, 0.1) is 0 Å². The molecule has 0 aliphatic heterocycles. The van der Waals surface area contributed by atoms with Gasteiger partial charge < -0.3 is 15.4 Å². The molecule has 2 rings (SSSR count). The molecule has 0 saturated carbocycles. The highest BCUT2D eigenvalue weighted by atomic mass is 79.9. The fourth-order valence-corrected chi connectivity index (χ4v) is 2.43. The number of amides is 2. The van der Waals surface area contributed by atoms with Crippen LogP contribution in [-0.4, -0.2) is 19.7 Å². The average Bonchev–Trinajstić information content (AvgIpc) is 2.57. The minimum absolute atomic E-state index is 0.226. The van der Waals surface area contributed by atoms with Gasteiger partial charge in [-0.05, 0) is 41.8 Å². The first-order chi connectivity index (χ1) is 11.2. The van der Waals surface area contributed by atoms with E-state index < -0.39 is 0 Å². The van der Waals surface area contributed by atoms with Crippen molar-refractivity contribution in [2.45, 2.75) is 6.42 Å². The maximum absolute atomic E-state index is 11.7. The van der Waals surface area contributed by atoms with Crippen molar-refractivity contribution in [3.63, 3.8) is 0 Å². The van der Waals surface area contributed by atoms with E-state index in [0.29, 0.717) is 6.54 Å². The van der Waals surface area contributed by atoms with E-state index in [1.54, 1.807) is 13.3 Å². The van der Waals surface area contributed by atoms with Crippen molar-refractivity contribution in [3.8, 4) is 5.75 Å². The molecule has 0 atom stereocenters. The Hall–Kier alpha value is -2.27. The second-order valence-corrected chi connectivity index (χ2v) is 5.71. The topological polar surface area (TPSA) is 50.4 Å². The number of halogens is 1. The zero-order valence-corrected chi connectivity index (χ0v) is 14.5. The zero-order chi connectivity index (χ0) is 16.5. The molecule has 0 fully saturated rings. The number of benzene rings is 2. The first-order valence-corrected chi connectivity index (χ1v) is 8.06. The Labute approximate surface area is 144 Å². The molecule has 0 heterocycles. The highest BCUT2D eigenvalue weighted by Gasteiger charge is 1.99. The van der Waals surface area contributed by atoms with Gasteiger partial charge in [0.2, 0.25) is 0 Å². The van der Waals surface area contributed by atoms with E-state index >= 15 is 0 Å². The van der Waals surface area contributed by atoms with Crippen molar-refractivity contribution < 1.29 is 9.53 Å². The maximum atomic E-state index is 11.7. The van der Waals surface area contributed by atoms with Gasteiger partial charge in [0.05, 0.1) is 7.11 Å². The molecule has 0 spiro atoms. The van der Waals surface area contributed by atoms with Crippen LogP contribution in [0.2, 0.25) is 0 Å². The molecule has 0 aliphatic rings. The van der Waals surface area contributed by atoms with E-state index in [4.69, 9.17) is 4.74 Å². The van der Waals surface area contributed by atoms with Crippen molar-refractivity contribution in [1.29, 1.82) is 0 Å². The van der Waals surface area contributed by atoms with Crippen LogP contribution in [0.15, 0.2) is 59.2 Å². The van der Waals surface area contributed by atoms with Gasteiger partial charge in [-0.1, -0.05) is 46.3 Å². The third-order valence-electron chi connectivity index (χ3n) is 3.22. The van der Waals surface area contributed by atoms with Gasteiger partial charge in [0.15, 0.2) is 0 Å². The van der Waals surface area contributed by atoms with E-state index in [9.17, 15) is 4.79 Å². The molecule has 120 valence electrons. The first kappa shape index (κ1) is 17.1. The second-order valence-electron chi connectivity index (χ2n) is 4.86. The van der Waals surface area contributed by atoms with Gasteiger partial charge in [-0.25, -0.2) is 4.79 Å². The molecule has 0 unspecified atom stereocenters.